The number of nitrogens with zero attached hydrogens (tertiary/aromatic N) is 2. The van der Waals surface area contributed by atoms with Crippen LogP contribution in [0.2, 0.25) is 0 Å². The SMILES string of the molecule is CCOc1ccc2nc(NC(=O)C3CCCCN3C(=O)CC)sc2c1. The van der Waals surface area contributed by atoms with Crippen LogP contribution in [0.15, 0.2) is 18.2 Å². The Hall–Kier alpha value is -2.15. The largest absolute Gasteiger partial charge is 0.494 e. The molecule has 2 amide bonds. The number of fused-ring (bicyclic) bond motifs is 1. The van der Waals surface area contributed by atoms with Crippen LogP contribution < -0.4 is 10.1 Å². The van der Waals surface area contributed by atoms with E-state index in [9.17, 15) is 9.59 Å². The summed E-state index contributed by atoms with van der Waals surface area (Å²) in [5.41, 5.74) is 0.828. The first-order valence-corrected chi connectivity index (χ1v) is 9.57. The first-order valence-electron chi connectivity index (χ1n) is 8.76. The van der Waals surface area contributed by atoms with E-state index in [1.165, 1.54) is 11.3 Å². The molecule has 0 bridgehead atoms. The highest BCUT2D eigenvalue weighted by molar-refractivity contribution is 7.22. The van der Waals surface area contributed by atoms with E-state index < -0.39 is 6.04 Å². The third-order valence-corrected chi connectivity index (χ3v) is 5.26. The van der Waals surface area contributed by atoms with Gasteiger partial charge in [-0.25, -0.2) is 4.98 Å². The zero-order valence-electron chi connectivity index (χ0n) is 14.6. The number of anilines is 1. The van der Waals surface area contributed by atoms with Gasteiger partial charge >= 0.3 is 0 Å². The van der Waals surface area contributed by atoms with Crippen LogP contribution in [0.5, 0.6) is 5.75 Å². The molecule has 134 valence electrons. The minimum atomic E-state index is -0.396. The summed E-state index contributed by atoms with van der Waals surface area (Å²) < 4.78 is 6.46. The number of ether oxygens (including phenoxy) is 1. The maximum absolute atomic E-state index is 12.7. The molecule has 1 aliphatic rings. The zero-order chi connectivity index (χ0) is 17.8. The van der Waals surface area contributed by atoms with Gasteiger partial charge in [-0.3, -0.25) is 9.59 Å². The average Bonchev–Trinajstić information content (AvgIpc) is 3.02. The number of amides is 2. The molecule has 1 unspecified atom stereocenters. The number of hydrogen-bond acceptors (Lipinski definition) is 5. The highest BCUT2D eigenvalue weighted by atomic mass is 32.1. The number of piperidine rings is 1. The number of likely N-dealkylation sites (tertiary alicyclic amines) is 1. The molecule has 0 saturated carbocycles. The van der Waals surface area contributed by atoms with Crippen LogP contribution >= 0.6 is 11.3 Å². The molecule has 0 aliphatic carbocycles. The lowest BCUT2D eigenvalue weighted by atomic mass is 10.0. The first kappa shape index (κ1) is 17.7. The van der Waals surface area contributed by atoms with E-state index in [1.807, 2.05) is 32.0 Å². The second-order valence-corrected chi connectivity index (χ2v) is 7.05. The fourth-order valence-electron chi connectivity index (χ4n) is 3.11. The van der Waals surface area contributed by atoms with Gasteiger partial charge in [0, 0.05) is 13.0 Å². The number of aromatic nitrogens is 1. The van der Waals surface area contributed by atoms with E-state index in [-0.39, 0.29) is 11.8 Å². The van der Waals surface area contributed by atoms with E-state index in [1.54, 1.807) is 4.90 Å². The summed E-state index contributed by atoms with van der Waals surface area (Å²) >= 11 is 1.42. The summed E-state index contributed by atoms with van der Waals surface area (Å²) in [6.07, 6.45) is 3.04. The summed E-state index contributed by atoms with van der Waals surface area (Å²) in [5.74, 6) is 0.680. The number of hydrogen-bond donors (Lipinski definition) is 1. The fraction of sp³-hybridized carbons (Fsp3) is 0.500. The molecule has 0 radical (unpaired) electrons. The first-order chi connectivity index (χ1) is 12.1. The standard InChI is InChI=1S/C18H23N3O3S/c1-3-16(22)21-10-6-5-7-14(21)17(23)20-18-19-13-9-8-12(24-4-2)11-15(13)25-18/h8-9,11,14H,3-7,10H2,1-2H3,(H,19,20,23). The predicted molar refractivity (Wildman–Crippen MR) is 99.1 cm³/mol. The molecule has 1 fully saturated rings. The number of thiazole rings is 1. The quantitative estimate of drug-likeness (QED) is 0.886. The maximum atomic E-state index is 12.7. The summed E-state index contributed by atoms with van der Waals surface area (Å²) in [4.78, 5) is 30.9. The number of nitrogens with one attached hydrogen (secondary N) is 1. The Balaban J connectivity index is 1.75. The van der Waals surface area contributed by atoms with Crippen molar-refractivity contribution >= 4 is 38.5 Å². The van der Waals surface area contributed by atoms with E-state index in [0.717, 1.165) is 28.8 Å². The Morgan fingerprint density at radius 2 is 2.20 bits per heavy atom. The van der Waals surface area contributed by atoms with Gasteiger partial charge in [0.15, 0.2) is 5.13 Å². The van der Waals surface area contributed by atoms with Crippen molar-refractivity contribution < 1.29 is 14.3 Å². The van der Waals surface area contributed by atoms with Crippen LogP contribution in [-0.4, -0.2) is 40.9 Å². The lowest BCUT2D eigenvalue weighted by Crippen LogP contribution is -2.49. The molecular weight excluding hydrogens is 338 g/mol. The fourth-order valence-corrected chi connectivity index (χ4v) is 4.01. The van der Waals surface area contributed by atoms with Gasteiger partial charge in [-0.15, -0.1) is 0 Å². The molecule has 6 nitrogen and oxygen atoms in total. The van der Waals surface area contributed by atoms with Crippen LogP contribution in [0.1, 0.15) is 39.5 Å². The Kier molecular flexibility index (Phi) is 5.53. The third kappa shape index (κ3) is 3.92. The maximum Gasteiger partial charge on any atom is 0.248 e. The summed E-state index contributed by atoms with van der Waals surface area (Å²) in [7, 11) is 0. The zero-order valence-corrected chi connectivity index (χ0v) is 15.4. The molecule has 25 heavy (non-hydrogen) atoms. The molecule has 2 aromatic rings. The topological polar surface area (TPSA) is 71.5 Å². The van der Waals surface area contributed by atoms with Gasteiger partial charge in [0.25, 0.3) is 0 Å². The third-order valence-electron chi connectivity index (χ3n) is 4.33. The highest BCUT2D eigenvalue weighted by Crippen LogP contribution is 2.30. The highest BCUT2D eigenvalue weighted by Gasteiger charge is 2.31. The van der Waals surface area contributed by atoms with Crippen molar-refractivity contribution in [1.82, 2.24) is 9.88 Å². The van der Waals surface area contributed by atoms with E-state index >= 15 is 0 Å². The minimum Gasteiger partial charge on any atom is -0.494 e. The summed E-state index contributed by atoms with van der Waals surface area (Å²) in [6, 6.07) is 5.30. The molecule has 3 rings (SSSR count). The minimum absolute atomic E-state index is 0.0329. The Morgan fingerprint density at radius 3 is 2.96 bits per heavy atom. The van der Waals surface area contributed by atoms with Gasteiger partial charge in [0.05, 0.1) is 16.8 Å². The molecule has 1 aromatic carbocycles. The van der Waals surface area contributed by atoms with Gasteiger partial charge in [-0.05, 0) is 44.4 Å². The average molecular weight is 361 g/mol. The van der Waals surface area contributed by atoms with Crippen LogP contribution in [-0.2, 0) is 9.59 Å². The van der Waals surface area contributed by atoms with Crippen molar-refractivity contribution in [3.05, 3.63) is 18.2 Å². The number of carbonyl (C=O) groups is 2. The lowest BCUT2D eigenvalue weighted by molar-refractivity contribution is -0.140. The van der Waals surface area contributed by atoms with Crippen LogP contribution in [0.25, 0.3) is 10.2 Å². The predicted octanol–water partition coefficient (Wildman–Crippen LogP) is 3.42. The van der Waals surface area contributed by atoms with Gasteiger partial charge in [0.2, 0.25) is 11.8 Å². The summed E-state index contributed by atoms with van der Waals surface area (Å²) in [6.45, 7) is 5.03. The Bertz CT molecular complexity index is 774. The lowest BCUT2D eigenvalue weighted by Gasteiger charge is -2.34. The normalized spacial score (nSPS) is 17.5. The molecule has 7 heteroatoms. The number of rotatable bonds is 5. The van der Waals surface area contributed by atoms with Crippen LogP contribution in [0.4, 0.5) is 5.13 Å². The monoisotopic (exact) mass is 361 g/mol. The van der Waals surface area contributed by atoms with Crippen LogP contribution in [0.3, 0.4) is 0 Å². The molecular formula is C18H23N3O3S. The number of carbonyl (C=O) groups excluding carboxylic acids is 2. The van der Waals surface area contributed by atoms with Gasteiger partial charge in [-0.1, -0.05) is 18.3 Å². The molecule has 1 saturated heterocycles. The molecule has 0 spiro atoms. The molecule has 1 aliphatic heterocycles. The Labute approximate surface area is 151 Å². The van der Waals surface area contributed by atoms with Crippen molar-refractivity contribution in [3.63, 3.8) is 0 Å². The van der Waals surface area contributed by atoms with Crippen molar-refractivity contribution in [2.75, 3.05) is 18.5 Å². The van der Waals surface area contributed by atoms with Gasteiger partial charge < -0.3 is 15.0 Å². The van der Waals surface area contributed by atoms with Gasteiger partial charge in [0.1, 0.15) is 11.8 Å². The second kappa shape index (κ2) is 7.82. The molecule has 1 atom stereocenters. The number of benzene rings is 1. The summed E-state index contributed by atoms with van der Waals surface area (Å²) in [5, 5.41) is 3.45. The van der Waals surface area contributed by atoms with Gasteiger partial charge in [-0.2, -0.15) is 0 Å². The van der Waals surface area contributed by atoms with Crippen molar-refractivity contribution in [1.29, 1.82) is 0 Å². The van der Waals surface area contributed by atoms with E-state index in [4.69, 9.17) is 4.74 Å². The molecule has 2 heterocycles. The van der Waals surface area contributed by atoms with Crippen molar-refractivity contribution in [3.8, 4) is 5.75 Å². The van der Waals surface area contributed by atoms with Crippen molar-refractivity contribution in [2.45, 2.75) is 45.6 Å². The smallest absolute Gasteiger partial charge is 0.248 e. The second-order valence-electron chi connectivity index (χ2n) is 6.02. The Morgan fingerprint density at radius 1 is 1.36 bits per heavy atom. The van der Waals surface area contributed by atoms with E-state index in [0.29, 0.717) is 31.1 Å². The molecule has 1 aromatic heterocycles. The van der Waals surface area contributed by atoms with Crippen LogP contribution in [0, 0.1) is 0 Å². The van der Waals surface area contributed by atoms with Crippen molar-refractivity contribution in [2.24, 2.45) is 0 Å². The molecule has 1 N–H and O–H groups in total. The van der Waals surface area contributed by atoms with E-state index in [2.05, 4.69) is 10.3 Å².